The normalized spacial score (nSPS) is 20.6. The fourth-order valence-corrected chi connectivity index (χ4v) is 3.11. The van der Waals surface area contributed by atoms with Crippen LogP contribution in [0.25, 0.3) is 0 Å². The van der Waals surface area contributed by atoms with Crippen molar-refractivity contribution in [3.05, 3.63) is 29.8 Å². The number of ether oxygens (including phenoxy) is 1. The van der Waals surface area contributed by atoms with Crippen LogP contribution < -0.4 is 0 Å². The summed E-state index contributed by atoms with van der Waals surface area (Å²) in [5.74, 6) is -1.13. The van der Waals surface area contributed by atoms with E-state index in [2.05, 4.69) is 5.10 Å². The van der Waals surface area contributed by atoms with E-state index in [9.17, 15) is 23.1 Å². The first-order chi connectivity index (χ1) is 11.6. The van der Waals surface area contributed by atoms with E-state index < -0.39 is 33.7 Å². The quantitative estimate of drug-likeness (QED) is 0.718. The van der Waals surface area contributed by atoms with Gasteiger partial charge in [-0.05, 0) is 31.5 Å². The van der Waals surface area contributed by atoms with E-state index in [0.717, 1.165) is 11.3 Å². The highest BCUT2D eigenvalue weighted by Crippen LogP contribution is 2.32. The molecule has 0 radical (unpaired) electrons. The smallest absolute Gasteiger partial charge is 0.327 e. The third-order valence-electron chi connectivity index (χ3n) is 3.91. The summed E-state index contributed by atoms with van der Waals surface area (Å²) < 4.78 is 27.9. The monoisotopic (exact) mass is 368 g/mol. The molecule has 0 saturated carbocycles. The zero-order chi connectivity index (χ0) is 18.8. The van der Waals surface area contributed by atoms with E-state index in [1.54, 1.807) is 6.92 Å². The lowest BCUT2D eigenvalue weighted by Crippen LogP contribution is -2.42. The van der Waals surface area contributed by atoms with Crippen molar-refractivity contribution in [3.8, 4) is 0 Å². The molecule has 1 N–H and O–H groups in total. The Bertz CT molecular complexity index is 816. The van der Waals surface area contributed by atoms with Crippen LogP contribution in [0.5, 0.6) is 0 Å². The number of hydrogen-bond donors (Lipinski definition) is 1. The average molecular weight is 368 g/mol. The molecule has 1 aromatic rings. The first-order valence-corrected chi connectivity index (χ1v) is 9.50. The standard InChI is InChI=1S/C16H20N2O6S/c1-4-24-13(20)9-18-15(21)16(2,10-19)14(17-18)11-5-7-12(8-6-11)25(3,22)23/h5-8,19H,4,9-10H2,1-3H3. The maximum atomic E-state index is 12.6. The molecular formula is C16H20N2O6S. The minimum atomic E-state index is -3.35. The number of rotatable bonds is 6. The molecule has 0 saturated heterocycles. The Hall–Kier alpha value is -2.26. The summed E-state index contributed by atoms with van der Waals surface area (Å²) >= 11 is 0. The van der Waals surface area contributed by atoms with Gasteiger partial charge < -0.3 is 9.84 Å². The lowest BCUT2D eigenvalue weighted by Gasteiger charge is -2.22. The molecule has 0 spiro atoms. The maximum absolute atomic E-state index is 12.6. The fraction of sp³-hybridized carbons (Fsp3) is 0.438. The summed E-state index contributed by atoms with van der Waals surface area (Å²) in [6.07, 6.45) is 1.09. The predicted octanol–water partition coefficient (Wildman–Crippen LogP) is 0.198. The second kappa shape index (κ2) is 6.93. The summed E-state index contributed by atoms with van der Waals surface area (Å²) in [4.78, 5) is 24.3. The van der Waals surface area contributed by atoms with Crippen molar-refractivity contribution in [1.29, 1.82) is 0 Å². The number of benzene rings is 1. The minimum absolute atomic E-state index is 0.134. The Morgan fingerprint density at radius 2 is 1.92 bits per heavy atom. The zero-order valence-corrected chi connectivity index (χ0v) is 15.0. The first kappa shape index (κ1) is 19.1. The highest BCUT2D eigenvalue weighted by atomic mass is 32.2. The summed E-state index contributed by atoms with van der Waals surface area (Å²) in [5, 5.41) is 14.9. The van der Waals surface area contributed by atoms with Crippen molar-refractivity contribution >= 4 is 27.4 Å². The summed E-state index contributed by atoms with van der Waals surface area (Å²) in [5.41, 5.74) is -0.563. The van der Waals surface area contributed by atoms with Gasteiger partial charge in [0, 0.05) is 6.26 Å². The van der Waals surface area contributed by atoms with E-state index in [0.29, 0.717) is 5.56 Å². The molecule has 2 rings (SSSR count). The number of hydrogen-bond acceptors (Lipinski definition) is 7. The molecule has 0 bridgehead atoms. The number of carbonyl (C=O) groups is 2. The van der Waals surface area contributed by atoms with Gasteiger partial charge in [-0.15, -0.1) is 0 Å². The lowest BCUT2D eigenvalue weighted by atomic mass is 9.82. The lowest BCUT2D eigenvalue weighted by molar-refractivity contribution is -0.150. The number of aliphatic hydroxyl groups excluding tert-OH is 1. The zero-order valence-electron chi connectivity index (χ0n) is 14.2. The van der Waals surface area contributed by atoms with Gasteiger partial charge in [0.1, 0.15) is 12.0 Å². The Labute approximate surface area is 146 Å². The largest absolute Gasteiger partial charge is 0.465 e. The number of hydrazone groups is 1. The van der Waals surface area contributed by atoms with Crippen LogP contribution in [0.15, 0.2) is 34.3 Å². The number of aliphatic hydroxyl groups is 1. The molecule has 0 aliphatic carbocycles. The van der Waals surface area contributed by atoms with Crippen molar-refractivity contribution in [2.24, 2.45) is 10.5 Å². The van der Waals surface area contributed by atoms with Crippen LogP contribution in [0.4, 0.5) is 0 Å². The minimum Gasteiger partial charge on any atom is -0.465 e. The van der Waals surface area contributed by atoms with E-state index in [4.69, 9.17) is 4.74 Å². The fourth-order valence-electron chi connectivity index (χ4n) is 2.48. The third-order valence-corrected chi connectivity index (χ3v) is 5.03. The summed E-state index contributed by atoms with van der Waals surface area (Å²) in [7, 11) is -3.35. The van der Waals surface area contributed by atoms with Crippen molar-refractivity contribution in [2.45, 2.75) is 18.7 Å². The maximum Gasteiger partial charge on any atom is 0.327 e. The molecule has 1 aromatic carbocycles. The molecule has 0 fully saturated rings. The van der Waals surface area contributed by atoms with Crippen LogP contribution in [0.3, 0.4) is 0 Å². The molecule has 136 valence electrons. The van der Waals surface area contributed by atoms with Crippen LogP contribution in [0, 0.1) is 5.41 Å². The van der Waals surface area contributed by atoms with Crippen LogP contribution >= 0.6 is 0 Å². The van der Waals surface area contributed by atoms with E-state index in [-0.39, 0.29) is 23.8 Å². The predicted molar refractivity (Wildman–Crippen MR) is 89.6 cm³/mol. The molecule has 0 aromatic heterocycles. The highest BCUT2D eigenvalue weighted by Gasteiger charge is 2.48. The van der Waals surface area contributed by atoms with Gasteiger partial charge in [0.15, 0.2) is 9.84 Å². The number of sulfone groups is 1. The second-order valence-corrected chi connectivity index (χ2v) is 7.92. The average Bonchev–Trinajstić information content (AvgIpc) is 2.80. The summed E-state index contributed by atoms with van der Waals surface area (Å²) in [6.45, 7) is 2.50. The molecule has 1 atom stereocenters. The van der Waals surface area contributed by atoms with Crippen LogP contribution in [-0.4, -0.2) is 62.1 Å². The Kier molecular flexibility index (Phi) is 5.28. The molecule has 1 heterocycles. The van der Waals surface area contributed by atoms with Crippen LogP contribution in [0.1, 0.15) is 19.4 Å². The second-order valence-electron chi connectivity index (χ2n) is 5.90. The third kappa shape index (κ3) is 3.72. The molecule has 1 aliphatic heterocycles. The van der Waals surface area contributed by atoms with E-state index in [1.165, 1.54) is 31.2 Å². The van der Waals surface area contributed by atoms with Gasteiger partial charge in [-0.2, -0.15) is 5.10 Å². The van der Waals surface area contributed by atoms with Gasteiger partial charge in [-0.25, -0.2) is 13.4 Å². The van der Waals surface area contributed by atoms with Gasteiger partial charge >= 0.3 is 5.97 Å². The van der Waals surface area contributed by atoms with Crippen LogP contribution in [-0.2, 0) is 24.2 Å². The molecular weight excluding hydrogens is 348 g/mol. The van der Waals surface area contributed by atoms with Gasteiger partial charge in [-0.1, -0.05) is 12.1 Å². The Morgan fingerprint density at radius 3 is 2.40 bits per heavy atom. The SMILES string of the molecule is CCOC(=O)CN1N=C(c2ccc(S(C)(=O)=O)cc2)C(C)(CO)C1=O. The van der Waals surface area contributed by atoms with Crippen molar-refractivity contribution < 1.29 is 27.9 Å². The van der Waals surface area contributed by atoms with E-state index in [1.807, 2.05) is 0 Å². The van der Waals surface area contributed by atoms with Gasteiger partial charge in [0.05, 0.1) is 23.8 Å². The number of carbonyl (C=O) groups excluding carboxylic acids is 2. The molecule has 1 unspecified atom stereocenters. The molecule has 8 nitrogen and oxygen atoms in total. The Morgan fingerprint density at radius 1 is 1.32 bits per heavy atom. The number of nitrogens with zero attached hydrogens (tertiary/aromatic N) is 2. The number of amides is 1. The van der Waals surface area contributed by atoms with Gasteiger partial charge in [0.2, 0.25) is 0 Å². The number of esters is 1. The summed E-state index contributed by atoms with van der Waals surface area (Å²) in [6, 6.07) is 5.85. The molecule has 25 heavy (non-hydrogen) atoms. The first-order valence-electron chi connectivity index (χ1n) is 7.61. The van der Waals surface area contributed by atoms with Crippen LogP contribution in [0.2, 0.25) is 0 Å². The molecule has 1 aliphatic rings. The Balaban J connectivity index is 2.39. The molecule has 9 heteroatoms. The van der Waals surface area contributed by atoms with Gasteiger partial charge in [0.25, 0.3) is 5.91 Å². The van der Waals surface area contributed by atoms with Crippen molar-refractivity contribution in [2.75, 3.05) is 26.0 Å². The van der Waals surface area contributed by atoms with Crippen molar-refractivity contribution in [3.63, 3.8) is 0 Å². The topological polar surface area (TPSA) is 113 Å². The highest BCUT2D eigenvalue weighted by molar-refractivity contribution is 7.90. The van der Waals surface area contributed by atoms with E-state index >= 15 is 0 Å². The van der Waals surface area contributed by atoms with Crippen molar-refractivity contribution in [1.82, 2.24) is 5.01 Å². The molecule has 1 amide bonds. The van der Waals surface area contributed by atoms with Gasteiger partial charge in [-0.3, -0.25) is 9.59 Å².